The summed E-state index contributed by atoms with van der Waals surface area (Å²) in [7, 11) is -5.02. The zero-order valence-corrected chi connectivity index (χ0v) is 12.3. The molecule has 0 saturated carbocycles. The van der Waals surface area contributed by atoms with E-state index >= 15 is 0 Å². The Morgan fingerprint density at radius 2 is 1.86 bits per heavy atom. The van der Waals surface area contributed by atoms with Gasteiger partial charge in [-0.05, 0) is 31.0 Å². The second-order valence-corrected chi connectivity index (χ2v) is 6.16. The lowest BCUT2D eigenvalue weighted by atomic mass is 10.1. The van der Waals surface area contributed by atoms with E-state index in [1.165, 1.54) is 13.0 Å². The van der Waals surface area contributed by atoms with Crippen LogP contribution in [0.2, 0.25) is 0 Å². The van der Waals surface area contributed by atoms with E-state index in [0.29, 0.717) is 5.56 Å². The second-order valence-electron chi connectivity index (χ2n) is 4.66. The molecule has 1 unspecified atom stereocenters. The van der Waals surface area contributed by atoms with Gasteiger partial charge in [0.15, 0.2) is 0 Å². The number of aromatic hydroxyl groups is 1. The third-order valence-electron chi connectivity index (χ3n) is 2.64. The highest BCUT2D eigenvalue weighted by molar-refractivity contribution is 7.85. The summed E-state index contributed by atoms with van der Waals surface area (Å²) in [5, 5.41) is 9.69. The van der Waals surface area contributed by atoms with Crippen molar-refractivity contribution >= 4 is 16.1 Å². The maximum Gasteiger partial charge on any atom is 0.426 e. The number of esters is 1. The smallest absolute Gasteiger partial charge is 0.426 e. The number of carbonyl (C=O) groups excluding carboxylic acids is 1. The molecule has 1 aromatic rings. The zero-order valence-electron chi connectivity index (χ0n) is 11.5. The van der Waals surface area contributed by atoms with Crippen LogP contribution in [0.3, 0.4) is 0 Å². The van der Waals surface area contributed by atoms with Crippen molar-refractivity contribution in [1.29, 1.82) is 0 Å². The Balaban J connectivity index is 3.12. The highest BCUT2D eigenvalue weighted by Crippen LogP contribution is 2.28. The van der Waals surface area contributed by atoms with Crippen molar-refractivity contribution in [2.24, 2.45) is 0 Å². The molecule has 0 aliphatic rings. The summed E-state index contributed by atoms with van der Waals surface area (Å²) in [6, 6.07) is 2.59. The van der Waals surface area contributed by atoms with Gasteiger partial charge in [0.05, 0.1) is 0 Å². The average molecular weight is 342 g/mol. The summed E-state index contributed by atoms with van der Waals surface area (Å²) >= 11 is 0. The third-order valence-corrected chi connectivity index (χ3v) is 3.37. The summed E-state index contributed by atoms with van der Waals surface area (Å²) in [6.07, 6.45) is -8.24. The first-order chi connectivity index (χ1) is 9.81. The van der Waals surface area contributed by atoms with Crippen LogP contribution >= 0.6 is 0 Å². The predicted octanol–water partition coefficient (Wildman–Crippen LogP) is 1.98. The number of hydrogen-bond acceptors (Lipinski definition) is 5. The van der Waals surface area contributed by atoms with Gasteiger partial charge in [-0.15, -0.1) is 0 Å². The fourth-order valence-corrected chi connectivity index (χ4v) is 2.33. The molecule has 0 spiro atoms. The number of benzene rings is 1. The Labute approximate surface area is 124 Å². The SMILES string of the molecule is Cc1cc(C)c(O)c(C(=O)OC(CS(=O)(=O)O)C(F)(F)F)c1. The van der Waals surface area contributed by atoms with Gasteiger partial charge in [-0.2, -0.15) is 21.6 Å². The molecule has 0 aromatic heterocycles. The molecule has 1 rings (SSSR count). The van der Waals surface area contributed by atoms with Gasteiger partial charge in [0, 0.05) is 0 Å². The van der Waals surface area contributed by atoms with Crippen molar-refractivity contribution < 1.29 is 40.8 Å². The number of aryl methyl sites for hydroxylation is 2. The molecule has 1 aromatic carbocycles. The van der Waals surface area contributed by atoms with Crippen molar-refractivity contribution in [3.8, 4) is 5.75 Å². The van der Waals surface area contributed by atoms with Crippen LogP contribution in [-0.2, 0) is 14.9 Å². The third kappa shape index (κ3) is 4.88. The summed E-state index contributed by atoms with van der Waals surface area (Å²) in [4.78, 5) is 11.8. The van der Waals surface area contributed by atoms with Crippen molar-refractivity contribution in [2.45, 2.75) is 26.1 Å². The molecule has 2 N–H and O–H groups in total. The number of phenolic OH excluding ortho intramolecular Hbond substituents is 1. The zero-order chi connectivity index (χ0) is 17.3. The highest BCUT2D eigenvalue weighted by Gasteiger charge is 2.45. The second kappa shape index (κ2) is 6.13. The van der Waals surface area contributed by atoms with Crippen LogP contribution in [0.25, 0.3) is 0 Å². The van der Waals surface area contributed by atoms with E-state index in [1.807, 2.05) is 0 Å². The van der Waals surface area contributed by atoms with Crippen molar-refractivity contribution in [3.63, 3.8) is 0 Å². The van der Waals surface area contributed by atoms with Gasteiger partial charge in [-0.3, -0.25) is 4.55 Å². The largest absolute Gasteiger partial charge is 0.507 e. The number of alkyl halides is 3. The standard InChI is InChI=1S/C12H13F3O6S/c1-6-3-7(2)10(16)8(4-6)11(17)21-9(12(13,14)15)5-22(18,19)20/h3-4,9,16H,5H2,1-2H3,(H,18,19,20). The molecule has 0 aliphatic carbocycles. The summed E-state index contributed by atoms with van der Waals surface area (Å²) in [5.74, 6) is -3.94. The van der Waals surface area contributed by atoms with E-state index in [4.69, 9.17) is 4.55 Å². The molecule has 1 atom stereocenters. The van der Waals surface area contributed by atoms with Crippen LogP contribution in [0.4, 0.5) is 13.2 Å². The molecule has 0 bridgehead atoms. The first-order valence-corrected chi connectivity index (χ1v) is 7.45. The first-order valence-electron chi connectivity index (χ1n) is 5.84. The van der Waals surface area contributed by atoms with Gasteiger partial charge < -0.3 is 9.84 Å². The molecule has 0 amide bonds. The van der Waals surface area contributed by atoms with E-state index in [9.17, 15) is 31.5 Å². The minimum Gasteiger partial charge on any atom is -0.507 e. The Hall–Kier alpha value is -1.81. The van der Waals surface area contributed by atoms with Gasteiger partial charge in [-0.25, -0.2) is 4.79 Å². The highest BCUT2D eigenvalue weighted by atomic mass is 32.2. The topological polar surface area (TPSA) is 101 Å². The summed E-state index contributed by atoms with van der Waals surface area (Å²) < 4.78 is 71.8. The van der Waals surface area contributed by atoms with Gasteiger partial charge >= 0.3 is 12.1 Å². The van der Waals surface area contributed by atoms with Gasteiger partial charge in [0.1, 0.15) is 17.1 Å². The molecule has 124 valence electrons. The molecule has 0 radical (unpaired) electrons. The molecular formula is C12H13F3O6S. The van der Waals surface area contributed by atoms with Crippen LogP contribution in [-0.4, -0.2) is 42.1 Å². The normalized spacial score (nSPS) is 13.7. The number of ether oxygens (including phenoxy) is 1. The maximum absolute atomic E-state index is 12.7. The fraction of sp³-hybridized carbons (Fsp3) is 0.417. The van der Waals surface area contributed by atoms with Crippen molar-refractivity contribution in [2.75, 3.05) is 5.75 Å². The average Bonchev–Trinajstić information content (AvgIpc) is 2.29. The molecule has 0 heterocycles. The monoisotopic (exact) mass is 342 g/mol. The number of carbonyl (C=O) groups is 1. The fourth-order valence-electron chi connectivity index (χ4n) is 1.69. The van der Waals surface area contributed by atoms with Crippen LogP contribution in [0.1, 0.15) is 21.5 Å². The molecular weight excluding hydrogens is 329 g/mol. The molecule has 0 fully saturated rings. The van der Waals surface area contributed by atoms with E-state index < -0.39 is 45.4 Å². The minimum absolute atomic E-state index is 0.241. The molecule has 0 aliphatic heterocycles. The molecule has 0 saturated heterocycles. The van der Waals surface area contributed by atoms with Crippen LogP contribution in [0, 0.1) is 13.8 Å². The van der Waals surface area contributed by atoms with E-state index in [0.717, 1.165) is 6.07 Å². The summed E-state index contributed by atoms with van der Waals surface area (Å²) in [5.41, 5.74) is 0.202. The minimum atomic E-state index is -5.19. The van der Waals surface area contributed by atoms with Gasteiger partial charge in [0.2, 0.25) is 6.10 Å². The number of rotatable bonds is 4. The molecule has 22 heavy (non-hydrogen) atoms. The number of hydrogen-bond donors (Lipinski definition) is 2. The molecule has 10 heteroatoms. The van der Waals surface area contributed by atoms with Gasteiger partial charge in [-0.1, -0.05) is 6.07 Å². The van der Waals surface area contributed by atoms with Crippen molar-refractivity contribution in [1.82, 2.24) is 0 Å². The van der Waals surface area contributed by atoms with Crippen molar-refractivity contribution in [3.05, 3.63) is 28.8 Å². The number of phenols is 1. The van der Waals surface area contributed by atoms with E-state index in [2.05, 4.69) is 4.74 Å². The quantitative estimate of drug-likeness (QED) is 0.641. The van der Waals surface area contributed by atoms with Gasteiger partial charge in [0.25, 0.3) is 10.1 Å². The van der Waals surface area contributed by atoms with Crippen LogP contribution < -0.4 is 0 Å². The Kier molecular flexibility index (Phi) is 5.08. The van der Waals surface area contributed by atoms with E-state index in [-0.39, 0.29) is 5.56 Å². The molecule has 6 nitrogen and oxygen atoms in total. The first kappa shape index (κ1) is 18.2. The maximum atomic E-state index is 12.7. The Bertz CT molecular complexity index is 681. The Morgan fingerprint density at radius 3 is 2.32 bits per heavy atom. The summed E-state index contributed by atoms with van der Waals surface area (Å²) in [6.45, 7) is 2.97. The predicted molar refractivity (Wildman–Crippen MR) is 69.3 cm³/mol. The van der Waals surface area contributed by atoms with E-state index in [1.54, 1.807) is 6.92 Å². The Morgan fingerprint density at radius 1 is 1.32 bits per heavy atom. The van der Waals surface area contributed by atoms with Crippen LogP contribution in [0.5, 0.6) is 5.75 Å². The number of halogens is 3. The lowest BCUT2D eigenvalue weighted by molar-refractivity contribution is -0.197. The lowest BCUT2D eigenvalue weighted by Gasteiger charge is -2.20. The van der Waals surface area contributed by atoms with Crippen LogP contribution in [0.15, 0.2) is 12.1 Å². The lowest BCUT2D eigenvalue weighted by Crippen LogP contribution is -2.39.